The van der Waals surface area contributed by atoms with Crippen LogP contribution < -0.4 is 10.1 Å². The Bertz CT molecular complexity index is 451. The first-order valence-electron chi connectivity index (χ1n) is 6.61. The summed E-state index contributed by atoms with van der Waals surface area (Å²) in [6, 6.07) is 6.12. The summed E-state index contributed by atoms with van der Waals surface area (Å²) < 4.78 is 28.4. The fourth-order valence-corrected chi connectivity index (χ4v) is 2.36. The van der Waals surface area contributed by atoms with E-state index in [0.29, 0.717) is 18.2 Å². The van der Waals surface area contributed by atoms with Crippen LogP contribution in [0.25, 0.3) is 0 Å². The Kier molecular flexibility index (Phi) is 4.89. The maximum absolute atomic E-state index is 12.3. The highest BCUT2D eigenvalue weighted by Gasteiger charge is 2.23. The van der Waals surface area contributed by atoms with E-state index in [-0.39, 0.29) is 11.7 Å². The lowest BCUT2D eigenvalue weighted by Gasteiger charge is -2.32. The van der Waals surface area contributed by atoms with Crippen molar-refractivity contribution < 1.29 is 18.3 Å². The molecule has 0 aromatic heterocycles. The second-order valence-electron chi connectivity index (χ2n) is 4.78. The lowest BCUT2D eigenvalue weighted by Crippen LogP contribution is -2.46. The van der Waals surface area contributed by atoms with Crippen LogP contribution in [-0.4, -0.2) is 43.6 Å². The maximum atomic E-state index is 12.3. The van der Waals surface area contributed by atoms with E-state index in [0.717, 1.165) is 19.4 Å². The van der Waals surface area contributed by atoms with Crippen LogP contribution in [0.1, 0.15) is 23.2 Å². The number of nitrogens with zero attached hydrogens (tertiary/aromatic N) is 1. The Morgan fingerprint density at radius 3 is 2.70 bits per heavy atom. The minimum Gasteiger partial charge on any atom is -0.435 e. The molecule has 1 aliphatic heterocycles. The molecular weight excluding hydrogens is 266 g/mol. The van der Waals surface area contributed by atoms with Crippen LogP contribution in [0.15, 0.2) is 24.3 Å². The number of benzene rings is 1. The zero-order valence-corrected chi connectivity index (χ0v) is 11.3. The van der Waals surface area contributed by atoms with Gasteiger partial charge in [0, 0.05) is 24.7 Å². The molecule has 1 N–H and O–H groups in total. The van der Waals surface area contributed by atoms with Gasteiger partial charge in [-0.1, -0.05) is 0 Å². The molecule has 0 radical (unpaired) electrons. The van der Waals surface area contributed by atoms with E-state index in [2.05, 4.69) is 10.1 Å². The molecule has 0 aliphatic carbocycles. The zero-order chi connectivity index (χ0) is 14.5. The SMILES string of the molecule is CNC1CCCN(C(=O)c2ccc(OC(F)F)cc2)C1. The molecule has 6 heteroatoms. The summed E-state index contributed by atoms with van der Waals surface area (Å²) in [4.78, 5) is 14.1. The predicted molar refractivity (Wildman–Crippen MR) is 71.1 cm³/mol. The van der Waals surface area contributed by atoms with Crippen LogP contribution >= 0.6 is 0 Å². The van der Waals surface area contributed by atoms with Gasteiger partial charge in [0.05, 0.1) is 0 Å². The molecule has 1 aromatic carbocycles. The lowest BCUT2D eigenvalue weighted by molar-refractivity contribution is -0.0498. The van der Waals surface area contributed by atoms with Gasteiger partial charge in [-0.3, -0.25) is 4.79 Å². The molecule has 1 aliphatic rings. The first-order chi connectivity index (χ1) is 9.60. The number of hydrogen-bond acceptors (Lipinski definition) is 3. The van der Waals surface area contributed by atoms with Gasteiger partial charge in [0.15, 0.2) is 0 Å². The number of amides is 1. The Morgan fingerprint density at radius 1 is 1.40 bits per heavy atom. The number of alkyl halides is 2. The maximum Gasteiger partial charge on any atom is 0.387 e. The average molecular weight is 284 g/mol. The molecule has 0 saturated carbocycles. The summed E-state index contributed by atoms with van der Waals surface area (Å²) in [5.41, 5.74) is 0.489. The molecule has 0 bridgehead atoms. The summed E-state index contributed by atoms with van der Waals surface area (Å²) in [6.07, 6.45) is 2.02. The third kappa shape index (κ3) is 3.66. The molecule has 1 aromatic rings. The number of halogens is 2. The van der Waals surface area contributed by atoms with Crippen LogP contribution in [0.5, 0.6) is 5.75 Å². The van der Waals surface area contributed by atoms with Gasteiger partial charge in [0.25, 0.3) is 5.91 Å². The van der Waals surface area contributed by atoms with E-state index in [1.165, 1.54) is 24.3 Å². The normalized spacial score (nSPS) is 19.2. The molecule has 1 heterocycles. The number of carbonyl (C=O) groups excluding carboxylic acids is 1. The molecule has 1 atom stereocenters. The molecular formula is C14H18F2N2O2. The second-order valence-corrected chi connectivity index (χ2v) is 4.78. The van der Waals surface area contributed by atoms with Crippen molar-refractivity contribution in [3.05, 3.63) is 29.8 Å². The largest absolute Gasteiger partial charge is 0.435 e. The summed E-state index contributed by atoms with van der Waals surface area (Å²) >= 11 is 0. The third-order valence-electron chi connectivity index (χ3n) is 3.44. The molecule has 2 rings (SSSR count). The second kappa shape index (κ2) is 6.65. The van der Waals surface area contributed by atoms with Gasteiger partial charge >= 0.3 is 6.61 Å². The van der Waals surface area contributed by atoms with Gasteiger partial charge in [0.2, 0.25) is 0 Å². The van der Waals surface area contributed by atoms with Gasteiger partial charge in [-0.2, -0.15) is 8.78 Å². The Hall–Kier alpha value is -1.69. The third-order valence-corrected chi connectivity index (χ3v) is 3.44. The van der Waals surface area contributed by atoms with Crippen LogP contribution in [0, 0.1) is 0 Å². The zero-order valence-electron chi connectivity index (χ0n) is 11.3. The first-order valence-corrected chi connectivity index (χ1v) is 6.61. The molecule has 1 saturated heterocycles. The van der Waals surface area contributed by atoms with Crippen molar-refractivity contribution in [2.24, 2.45) is 0 Å². The van der Waals surface area contributed by atoms with Gasteiger partial charge < -0.3 is 15.0 Å². The number of carbonyl (C=O) groups is 1. The van der Waals surface area contributed by atoms with Crippen molar-refractivity contribution in [3.63, 3.8) is 0 Å². The van der Waals surface area contributed by atoms with Gasteiger partial charge in [-0.15, -0.1) is 0 Å². The van der Waals surface area contributed by atoms with E-state index >= 15 is 0 Å². The Balaban J connectivity index is 2.01. The number of hydrogen-bond donors (Lipinski definition) is 1. The summed E-state index contributed by atoms with van der Waals surface area (Å²) in [6.45, 7) is -1.45. The van der Waals surface area contributed by atoms with Crippen molar-refractivity contribution in [2.45, 2.75) is 25.5 Å². The Morgan fingerprint density at radius 2 is 2.10 bits per heavy atom. The predicted octanol–water partition coefficient (Wildman–Crippen LogP) is 2.11. The monoisotopic (exact) mass is 284 g/mol. The van der Waals surface area contributed by atoms with Gasteiger partial charge in [-0.25, -0.2) is 0 Å². The average Bonchev–Trinajstić information content (AvgIpc) is 2.47. The van der Waals surface area contributed by atoms with Crippen LogP contribution in [0.3, 0.4) is 0 Å². The topological polar surface area (TPSA) is 41.6 Å². The number of likely N-dealkylation sites (N-methyl/N-ethyl adjacent to an activating group) is 1. The van der Waals surface area contributed by atoms with E-state index in [9.17, 15) is 13.6 Å². The van der Waals surface area contributed by atoms with Gasteiger partial charge in [-0.05, 0) is 44.2 Å². The molecule has 1 amide bonds. The fraction of sp³-hybridized carbons (Fsp3) is 0.500. The fourth-order valence-electron chi connectivity index (χ4n) is 2.36. The molecule has 1 unspecified atom stereocenters. The van der Waals surface area contributed by atoms with Crippen molar-refractivity contribution in [1.29, 1.82) is 0 Å². The number of nitrogens with one attached hydrogen (secondary N) is 1. The van der Waals surface area contributed by atoms with Crippen LogP contribution in [-0.2, 0) is 0 Å². The minimum atomic E-state index is -2.85. The molecule has 1 fully saturated rings. The number of rotatable bonds is 4. The molecule has 0 spiro atoms. The van der Waals surface area contributed by atoms with Crippen molar-refractivity contribution in [3.8, 4) is 5.75 Å². The number of likely N-dealkylation sites (tertiary alicyclic amines) is 1. The summed E-state index contributed by atoms with van der Waals surface area (Å²) in [5, 5.41) is 3.17. The summed E-state index contributed by atoms with van der Waals surface area (Å²) in [7, 11) is 1.88. The lowest BCUT2D eigenvalue weighted by atomic mass is 10.0. The molecule has 110 valence electrons. The van der Waals surface area contributed by atoms with E-state index in [1.807, 2.05) is 7.05 Å². The smallest absolute Gasteiger partial charge is 0.387 e. The number of ether oxygens (including phenoxy) is 1. The van der Waals surface area contributed by atoms with E-state index < -0.39 is 6.61 Å². The number of piperidine rings is 1. The molecule has 20 heavy (non-hydrogen) atoms. The first kappa shape index (κ1) is 14.7. The van der Waals surface area contributed by atoms with Gasteiger partial charge in [0.1, 0.15) is 5.75 Å². The highest BCUT2D eigenvalue weighted by Crippen LogP contribution is 2.18. The van der Waals surface area contributed by atoms with E-state index in [4.69, 9.17) is 0 Å². The van der Waals surface area contributed by atoms with Crippen molar-refractivity contribution in [2.75, 3.05) is 20.1 Å². The van der Waals surface area contributed by atoms with Crippen molar-refractivity contribution in [1.82, 2.24) is 10.2 Å². The highest BCUT2D eigenvalue weighted by atomic mass is 19.3. The van der Waals surface area contributed by atoms with Crippen LogP contribution in [0.4, 0.5) is 8.78 Å². The minimum absolute atomic E-state index is 0.0586. The highest BCUT2D eigenvalue weighted by molar-refractivity contribution is 5.94. The quantitative estimate of drug-likeness (QED) is 0.920. The molecule has 4 nitrogen and oxygen atoms in total. The van der Waals surface area contributed by atoms with Crippen LogP contribution in [0.2, 0.25) is 0 Å². The Labute approximate surface area is 116 Å². The standard InChI is InChI=1S/C14H18F2N2O2/c1-17-11-3-2-8-18(9-11)13(19)10-4-6-12(7-5-10)20-14(15)16/h4-7,11,14,17H,2-3,8-9H2,1H3. The summed E-state index contributed by atoms with van der Waals surface area (Å²) in [5.74, 6) is -0.0168. The van der Waals surface area contributed by atoms with E-state index in [1.54, 1.807) is 4.90 Å². The van der Waals surface area contributed by atoms with Crippen molar-refractivity contribution >= 4 is 5.91 Å².